The molecular weight excluding hydrogens is 258 g/mol. The van der Waals surface area contributed by atoms with E-state index in [1.165, 1.54) is 0 Å². The van der Waals surface area contributed by atoms with E-state index in [0.29, 0.717) is 12.0 Å². The summed E-state index contributed by atoms with van der Waals surface area (Å²) in [4.78, 5) is 23.5. The fourth-order valence-electron chi connectivity index (χ4n) is 2.54. The molecule has 0 aromatic rings. The molecule has 2 aliphatic rings. The van der Waals surface area contributed by atoms with Gasteiger partial charge in [0.2, 0.25) is 0 Å². The number of hydrogen-bond donors (Lipinski definition) is 1. The smallest absolute Gasteiger partial charge is 0.335 e. The van der Waals surface area contributed by atoms with Gasteiger partial charge in [0.25, 0.3) is 0 Å². The average molecular weight is 279 g/mol. The lowest BCUT2D eigenvalue weighted by molar-refractivity contribution is -0.147. The molecule has 0 aromatic carbocycles. The molecule has 0 spiro atoms. The monoisotopic (exact) mass is 279 g/mol. The van der Waals surface area contributed by atoms with Gasteiger partial charge >= 0.3 is 11.9 Å². The van der Waals surface area contributed by atoms with Gasteiger partial charge in [-0.1, -0.05) is 5.57 Å². The quantitative estimate of drug-likeness (QED) is 0.614. The molecule has 1 N–H and O–H groups in total. The second-order valence-corrected chi connectivity index (χ2v) is 5.16. The number of nitrogens with one attached hydrogen (secondary N) is 1. The van der Waals surface area contributed by atoms with E-state index >= 15 is 0 Å². The van der Waals surface area contributed by atoms with Gasteiger partial charge in [-0.3, -0.25) is 0 Å². The molecule has 0 amide bonds. The third kappa shape index (κ3) is 3.40. The van der Waals surface area contributed by atoms with Crippen LogP contribution in [0.25, 0.3) is 0 Å². The van der Waals surface area contributed by atoms with Crippen LogP contribution >= 0.6 is 0 Å². The Labute approximate surface area is 119 Å². The third-order valence-electron chi connectivity index (χ3n) is 3.75. The van der Waals surface area contributed by atoms with E-state index in [4.69, 9.17) is 9.47 Å². The molecule has 0 atom stereocenters. The van der Waals surface area contributed by atoms with E-state index < -0.39 is 0 Å². The zero-order valence-electron chi connectivity index (χ0n) is 12.1. The summed E-state index contributed by atoms with van der Waals surface area (Å²) in [5.74, 6) is -0.589. The molecule has 1 aliphatic heterocycles. The first kappa shape index (κ1) is 14.6. The molecular formula is C15H21NO4. The summed E-state index contributed by atoms with van der Waals surface area (Å²) in [6.45, 7) is 4.82. The maximum absolute atomic E-state index is 11.8. The Balaban J connectivity index is 1.69. The van der Waals surface area contributed by atoms with E-state index in [9.17, 15) is 9.59 Å². The Bertz CT molecular complexity index is 432. The SMILES string of the molecule is CC1=C(C(=O)OCCOC(=O)C2=C(C)NCC2)CCC1. The molecule has 110 valence electrons. The highest BCUT2D eigenvalue weighted by molar-refractivity contribution is 5.90. The van der Waals surface area contributed by atoms with Crippen LogP contribution in [0.4, 0.5) is 0 Å². The van der Waals surface area contributed by atoms with Gasteiger partial charge in [-0.25, -0.2) is 9.59 Å². The van der Waals surface area contributed by atoms with Gasteiger partial charge in [0.1, 0.15) is 13.2 Å². The maximum Gasteiger partial charge on any atom is 0.335 e. The lowest BCUT2D eigenvalue weighted by atomic mass is 10.2. The highest BCUT2D eigenvalue weighted by Crippen LogP contribution is 2.26. The second kappa shape index (κ2) is 6.59. The number of allylic oxidation sites excluding steroid dienone is 2. The predicted octanol–water partition coefficient (Wildman–Crippen LogP) is 1.84. The minimum atomic E-state index is -0.320. The molecule has 2 rings (SSSR count). The van der Waals surface area contributed by atoms with Gasteiger partial charge in [0, 0.05) is 17.8 Å². The van der Waals surface area contributed by atoms with Crippen molar-refractivity contribution in [2.75, 3.05) is 19.8 Å². The number of carbonyl (C=O) groups is 2. The Morgan fingerprint density at radius 1 is 1.00 bits per heavy atom. The standard InChI is InChI=1S/C15H21NO4/c1-10-4-3-5-12(10)14(17)19-8-9-20-15(18)13-6-7-16-11(13)2/h16H,3-9H2,1-2H3. The average Bonchev–Trinajstić information content (AvgIpc) is 3.02. The maximum atomic E-state index is 11.8. The molecule has 1 heterocycles. The topological polar surface area (TPSA) is 64.6 Å². The summed E-state index contributed by atoms with van der Waals surface area (Å²) >= 11 is 0. The molecule has 5 nitrogen and oxygen atoms in total. The first-order valence-electron chi connectivity index (χ1n) is 7.06. The lowest BCUT2D eigenvalue weighted by Crippen LogP contribution is -2.16. The van der Waals surface area contributed by atoms with Crippen molar-refractivity contribution in [1.29, 1.82) is 0 Å². The molecule has 0 aromatic heterocycles. The molecule has 0 radical (unpaired) electrons. The number of hydrogen-bond acceptors (Lipinski definition) is 5. The van der Waals surface area contributed by atoms with Crippen LogP contribution in [0.2, 0.25) is 0 Å². The van der Waals surface area contributed by atoms with E-state index in [0.717, 1.165) is 42.7 Å². The van der Waals surface area contributed by atoms with Gasteiger partial charge < -0.3 is 14.8 Å². The van der Waals surface area contributed by atoms with Gasteiger partial charge in [0.15, 0.2) is 0 Å². The van der Waals surface area contributed by atoms with E-state index in [1.807, 2.05) is 13.8 Å². The van der Waals surface area contributed by atoms with Crippen molar-refractivity contribution in [1.82, 2.24) is 5.32 Å². The van der Waals surface area contributed by atoms with E-state index in [-0.39, 0.29) is 25.2 Å². The molecule has 1 aliphatic carbocycles. The van der Waals surface area contributed by atoms with Crippen molar-refractivity contribution in [3.8, 4) is 0 Å². The van der Waals surface area contributed by atoms with Crippen LogP contribution in [-0.4, -0.2) is 31.7 Å². The normalized spacial score (nSPS) is 18.3. The minimum Gasteiger partial charge on any atom is -0.459 e. The van der Waals surface area contributed by atoms with Crippen molar-refractivity contribution in [3.05, 3.63) is 22.4 Å². The van der Waals surface area contributed by atoms with Crippen LogP contribution < -0.4 is 5.32 Å². The van der Waals surface area contributed by atoms with E-state index in [1.54, 1.807) is 0 Å². The number of ether oxygens (including phenoxy) is 2. The van der Waals surface area contributed by atoms with E-state index in [2.05, 4.69) is 5.32 Å². The first-order valence-corrected chi connectivity index (χ1v) is 7.06. The second-order valence-electron chi connectivity index (χ2n) is 5.16. The molecule has 0 fully saturated rings. The van der Waals surface area contributed by atoms with Crippen molar-refractivity contribution < 1.29 is 19.1 Å². The summed E-state index contributed by atoms with van der Waals surface area (Å²) in [6.07, 6.45) is 3.48. The number of carbonyl (C=O) groups excluding carboxylic acids is 2. The number of esters is 2. The van der Waals surface area contributed by atoms with Crippen molar-refractivity contribution >= 4 is 11.9 Å². The summed E-state index contributed by atoms with van der Waals surface area (Å²) in [6, 6.07) is 0. The largest absolute Gasteiger partial charge is 0.459 e. The zero-order chi connectivity index (χ0) is 14.5. The van der Waals surface area contributed by atoms with Gasteiger partial charge in [0.05, 0.1) is 5.57 Å². The van der Waals surface area contributed by atoms with Gasteiger partial charge in [-0.15, -0.1) is 0 Å². The zero-order valence-corrected chi connectivity index (χ0v) is 12.1. The highest BCUT2D eigenvalue weighted by atomic mass is 16.6. The van der Waals surface area contributed by atoms with Gasteiger partial charge in [-0.05, 0) is 39.5 Å². The third-order valence-corrected chi connectivity index (χ3v) is 3.75. The summed E-state index contributed by atoms with van der Waals surface area (Å²) in [5, 5.41) is 3.09. The Morgan fingerprint density at radius 2 is 1.65 bits per heavy atom. The molecule has 0 saturated heterocycles. The van der Waals surface area contributed by atoms with Crippen LogP contribution in [0.15, 0.2) is 22.4 Å². The first-order chi connectivity index (χ1) is 9.59. The molecule has 0 bridgehead atoms. The van der Waals surface area contributed by atoms with Crippen LogP contribution in [0, 0.1) is 0 Å². The minimum absolute atomic E-state index is 0.105. The van der Waals surface area contributed by atoms with Gasteiger partial charge in [-0.2, -0.15) is 0 Å². The molecule has 0 unspecified atom stereocenters. The van der Waals surface area contributed by atoms with Crippen LogP contribution in [-0.2, 0) is 19.1 Å². The lowest BCUT2D eigenvalue weighted by Gasteiger charge is -2.08. The van der Waals surface area contributed by atoms with Crippen LogP contribution in [0.3, 0.4) is 0 Å². The van der Waals surface area contributed by atoms with Crippen molar-refractivity contribution in [2.24, 2.45) is 0 Å². The summed E-state index contributed by atoms with van der Waals surface area (Å²) in [7, 11) is 0. The fourth-order valence-corrected chi connectivity index (χ4v) is 2.54. The fraction of sp³-hybridized carbons (Fsp3) is 0.600. The molecule has 0 saturated carbocycles. The number of rotatable bonds is 5. The Hall–Kier alpha value is -1.78. The summed E-state index contributed by atoms with van der Waals surface area (Å²) < 4.78 is 10.2. The van der Waals surface area contributed by atoms with Crippen LogP contribution in [0.1, 0.15) is 39.5 Å². The van der Waals surface area contributed by atoms with Crippen molar-refractivity contribution in [2.45, 2.75) is 39.5 Å². The predicted molar refractivity (Wildman–Crippen MR) is 73.8 cm³/mol. The van der Waals surface area contributed by atoms with Crippen LogP contribution in [0.5, 0.6) is 0 Å². The molecule has 20 heavy (non-hydrogen) atoms. The Kier molecular flexibility index (Phi) is 4.82. The Morgan fingerprint density at radius 3 is 2.15 bits per heavy atom. The highest BCUT2D eigenvalue weighted by Gasteiger charge is 2.20. The summed E-state index contributed by atoms with van der Waals surface area (Å²) in [5.41, 5.74) is 3.46. The molecule has 5 heteroatoms. The van der Waals surface area contributed by atoms with Crippen molar-refractivity contribution in [3.63, 3.8) is 0 Å².